The number of nitrogens with one attached hydrogen (secondary N) is 2. The first-order chi connectivity index (χ1) is 10.8. The number of carbonyl (C=O) groups excluding carboxylic acids is 1. The Morgan fingerprint density at radius 3 is 2.70 bits per heavy atom. The van der Waals surface area contributed by atoms with Gasteiger partial charge in [-0.05, 0) is 38.8 Å². The fourth-order valence-corrected chi connectivity index (χ4v) is 2.08. The van der Waals surface area contributed by atoms with Crippen LogP contribution >= 0.6 is 11.6 Å². The molecule has 0 spiro atoms. The van der Waals surface area contributed by atoms with Crippen LogP contribution in [-0.2, 0) is 11.2 Å². The minimum absolute atomic E-state index is 0.126. The van der Waals surface area contributed by atoms with Crippen molar-refractivity contribution in [3.63, 3.8) is 0 Å². The Kier molecular flexibility index (Phi) is 8.08. The Bertz CT molecular complexity index is 511. The number of nitrogens with zero attached hydrogens (tertiary/aromatic N) is 1. The number of hydrogen-bond donors (Lipinski definition) is 3. The van der Waals surface area contributed by atoms with E-state index in [1.165, 1.54) is 7.11 Å². The molecule has 0 aliphatic rings. The predicted octanol–water partition coefficient (Wildman–Crippen LogP) is 1.72. The number of ether oxygens (including phenoxy) is 2. The van der Waals surface area contributed by atoms with E-state index in [-0.39, 0.29) is 11.9 Å². The molecule has 7 nitrogen and oxygen atoms in total. The third-order valence-electron chi connectivity index (χ3n) is 2.96. The van der Waals surface area contributed by atoms with Crippen molar-refractivity contribution in [1.82, 2.24) is 15.6 Å². The number of alkyl carbamates (subject to hydrolysis) is 1. The molecule has 130 valence electrons. The van der Waals surface area contributed by atoms with Crippen LogP contribution in [0.3, 0.4) is 0 Å². The fourth-order valence-electron chi connectivity index (χ4n) is 1.83. The van der Waals surface area contributed by atoms with Gasteiger partial charge in [0, 0.05) is 18.8 Å². The highest BCUT2D eigenvalue weighted by atomic mass is 35.5. The van der Waals surface area contributed by atoms with E-state index in [1.54, 1.807) is 19.2 Å². The number of pyridine rings is 1. The van der Waals surface area contributed by atoms with Crippen LogP contribution < -0.4 is 15.4 Å². The van der Waals surface area contributed by atoms with E-state index in [9.17, 15) is 9.90 Å². The number of rotatable bonds is 8. The number of carbonyl (C=O) groups is 1. The molecule has 1 amide bonds. The van der Waals surface area contributed by atoms with E-state index >= 15 is 0 Å². The van der Waals surface area contributed by atoms with Gasteiger partial charge in [-0.3, -0.25) is 5.32 Å². The van der Waals surface area contributed by atoms with Gasteiger partial charge in [0.1, 0.15) is 11.1 Å². The van der Waals surface area contributed by atoms with Crippen LogP contribution in [0.1, 0.15) is 26.3 Å². The third kappa shape index (κ3) is 6.60. The van der Waals surface area contributed by atoms with Gasteiger partial charge >= 0.3 is 6.09 Å². The summed E-state index contributed by atoms with van der Waals surface area (Å²) in [6, 6.07) is 1.88. The van der Waals surface area contributed by atoms with Crippen molar-refractivity contribution in [1.29, 1.82) is 0 Å². The molecule has 1 heterocycles. The van der Waals surface area contributed by atoms with Crippen molar-refractivity contribution >= 4 is 17.7 Å². The number of methoxy groups -OCH3 is 1. The Morgan fingerprint density at radius 2 is 2.13 bits per heavy atom. The Balaban J connectivity index is 2.76. The summed E-state index contributed by atoms with van der Waals surface area (Å²) < 4.78 is 10.2. The molecule has 0 aromatic carbocycles. The molecule has 23 heavy (non-hydrogen) atoms. The van der Waals surface area contributed by atoms with Gasteiger partial charge in [0.25, 0.3) is 0 Å². The largest absolute Gasteiger partial charge is 0.455 e. The van der Waals surface area contributed by atoms with E-state index in [2.05, 4.69) is 20.4 Å². The van der Waals surface area contributed by atoms with E-state index in [0.717, 1.165) is 5.56 Å². The van der Waals surface area contributed by atoms with Gasteiger partial charge in [-0.15, -0.1) is 0 Å². The molecule has 3 N–H and O–H groups in total. The lowest BCUT2D eigenvalue weighted by molar-refractivity contribution is 0.0190. The van der Waals surface area contributed by atoms with Crippen LogP contribution in [0.15, 0.2) is 12.3 Å². The summed E-state index contributed by atoms with van der Waals surface area (Å²) in [5, 5.41) is 15.8. The number of aromatic nitrogens is 1. The van der Waals surface area contributed by atoms with Crippen molar-refractivity contribution in [2.75, 3.05) is 13.7 Å². The average molecular weight is 346 g/mol. The summed E-state index contributed by atoms with van der Waals surface area (Å²) in [5.74, 6) is 0.237. The molecule has 1 aromatic heterocycles. The summed E-state index contributed by atoms with van der Waals surface area (Å²) in [6.07, 6.45) is 0.220. The number of halogens is 1. The lowest BCUT2D eigenvalue weighted by atomic mass is 10.2. The Morgan fingerprint density at radius 1 is 1.43 bits per heavy atom. The summed E-state index contributed by atoms with van der Waals surface area (Å²) in [4.78, 5) is 15.1. The monoisotopic (exact) mass is 345 g/mol. The summed E-state index contributed by atoms with van der Waals surface area (Å²) in [7, 11) is 1.30. The minimum Gasteiger partial charge on any atom is -0.455 e. The van der Waals surface area contributed by atoms with Gasteiger partial charge in [0.05, 0.1) is 7.11 Å². The van der Waals surface area contributed by atoms with Crippen molar-refractivity contribution in [3.8, 4) is 5.88 Å². The van der Waals surface area contributed by atoms with E-state index in [1.807, 2.05) is 13.8 Å². The maximum Gasteiger partial charge on any atom is 0.406 e. The van der Waals surface area contributed by atoms with Gasteiger partial charge in [0.2, 0.25) is 5.88 Å². The second-order valence-electron chi connectivity index (χ2n) is 5.36. The highest BCUT2D eigenvalue weighted by molar-refractivity contribution is 6.32. The quantitative estimate of drug-likeness (QED) is 0.621. The zero-order chi connectivity index (χ0) is 17.4. The van der Waals surface area contributed by atoms with Crippen LogP contribution in [0.4, 0.5) is 4.79 Å². The molecule has 2 atom stereocenters. The number of aliphatic hydroxyl groups excluding tert-OH is 1. The molecular weight excluding hydrogens is 322 g/mol. The first-order valence-electron chi connectivity index (χ1n) is 7.41. The van der Waals surface area contributed by atoms with E-state index < -0.39 is 18.4 Å². The SMILES string of the molecule is COC(=O)NCCc1ccnc(OC(NC(C)C)C(C)O)c1Cl. The van der Waals surface area contributed by atoms with Crippen LogP contribution in [0.5, 0.6) is 5.88 Å². The molecule has 0 bridgehead atoms. The summed E-state index contributed by atoms with van der Waals surface area (Å²) in [6.45, 7) is 5.89. The normalized spacial score (nSPS) is 13.5. The summed E-state index contributed by atoms with van der Waals surface area (Å²) >= 11 is 6.30. The van der Waals surface area contributed by atoms with Gasteiger partial charge in [0.15, 0.2) is 6.23 Å². The van der Waals surface area contributed by atoms with Crippen molar-refractivity contribution in [2.45, 2.75) is 45.6 Å². The second-order valence-corrected chi connectivity index (χ2v) is 5.74. The summed E-state index contributed by atoms with van der Waals surface area (Å²) in [5.41, 5.74) is 0.780. The van der Waals surface area contributed by atoms with Gasteiger partial charge in [-0.25, -0.2) is 9.78 Å². The Hall–Kier alpha value is -1.57. The predicted molar refractivity (Wildman–Crippen MR) is 87.7 cm³/mol. The fraction of sp³-hybridized carbons (Fsp3) is 0.600. The maximum atomic E-state index is 11.0. The second kappa shape index (κ2) is 9.54. The Labute approximate surface area is 141 Å². The van der Waals surface area contributed by atoms with Crippen molar-refractivity contribution in [3.05, 3.63) is 22.8 Å². The van der Waals surface area contributed by atoms with Gasteiger partial charge < -0.3 is 19.9 Å². The van der Waals surface area contributed by atoms with Crippen LogP contribution in [0.2, 0.25) is 5.02 Å². The molecule has 0 saturated carbocycles. The third-order valence-corrected chi connectivity index (χ3v) is 3.37. The van der Waals surface area contributed by atoms with Crippen LogP contribution in [0.25, 0.3) is 0 Å². The van der Waals surface area contributed by atoms with Gasteiger partial charge in [-0.1, -0.05) is 11.6 Å². The lowest BCUT2D eigenvalue weighted by Gasteiger charge is -2.25. The van der Waals surface area contributed by atoms with E-state index in [4.69, 9.17) is 16.3 Å². The zero-order valence-corrected chi connectivity index (χ0v) is 14.6. The first-order valence-corrected chi connectivity index (χ1v) is 7.79. The molecule has 8 heteroatoms. The molecule has 2 unspecified atom stereocenters. The average Bonchev–Trinajstić information content (AvgIpc) is 2.49. The molecule has 0 saturated heterocycles. The topological polar surface area (TPSA) is 92.7 Å². The smallest absolute Gasteiger partial charge is 0.406 e. The molecule has 0 aliphatic heterocycles. The highest BCUT2D eigenvalue weighted by Crippen LogP contribution is 2.27. The number of hydrogen-bond acceptors (Lipinski definition) is 6. The minimum atomic E-state index is -0.736. The van der Waals surface area contributed by atoms with Crippen LogP contribution in [0, 0.1) is 0 Å². The molecule has 0 aliphatic carbocycles. The number of aliphatic hydroxyl groups is 1. The van der Waals surface area contributed by atoms with Gasteiger partial charge in [-0.2, -0.15) is 0 Å². The molecule has 1 rings (SSSR count). The number of amides is 1. The van der Waals surface area contributed by atoms with Crippen LogP contribution in [-0.4, -0.2) is 48.2 Å². The molecular formula is C15H24ClN3O4. The first kappa shape index (κ1) is 19.5. The molecule has 0 radical (unpaired) electrons. The van der Waals surface area contributed by atoms with Crippen molar-refractivity contribution in [2.24, 2.45) is 0 Å². The zero-order valence-electron chi connectivity index (χ0n) is 13.8. The highest BCUT2D eigenvalue weighted by Gasteiger charge is 2.20. The molecule has 0 fully saturated rings. The lowest BCUT2D eigenvalue weighted by Crippen LogP contribution is -2.46. The maximum absolute atomic E-state index is 11.0. The van der Waals surface area contributed by atoms with E-state index in [0.29, 0.717) is 18.0 Å². The molecule has 1 aromatic rings. The standard InChI is InChI=1S/C15H24ClN3O4/c1-9(2)19-13(10(3)20)23-14-12(16)11(5-7-17-14)6-8-18-15(21)22-4/h5,7,9-10,13,19-20H,6,8H2,1-4H3,(H,18,21). The van der Waals surface area contributed by atoms with Crippen molar-refractivity contribution < 1.29 is 19.4 Å².